The fourth-order valence-corrected chi connectivity index (χ4v) is 5.29. The lowest BCUT2D eigenvalue weighted by atomic mass is 9.77. The van der Waals surface area contributed by atoms with E-state index in [9.17, 15) is 9.59 Å². The van der Waals surface area contributed by atoms with Gasteiger partial charge in [0.2, 0.25) is 0 Å². The largest absolute Gasteiger partial charge is 0.466 e. The van der Waals surface area contributed by atoms with Crippen LogP contribution in [0, 0.1) is 11.8 Å². The van der Waals surface area contributed by atoms with Crippen LogP contribution in [0.5, 0.6) is 0 Å². The van der Waals surface area contributed by atoms with Gasteiger partial charge in [0, 0.05) is 33.5 Å². The van der Waals surface area contributed by atoms with Crippen molar-refractivity contribution in [2.24, 2.45) is 11.8 Å². The average molecular weight is 394 g/mol. The topological polar surface area (TPSA) is 55.4 Å². The molecule has 5 heteroatoms. The van der Waals surface area contributed by atoms with E-state index in [0.717, 1.165) is 53.6 Å². The van der Waals surface area contributed by atoms with E-state index in [1.165, 1.54) is 11.8 Å². The van der Waals surface area contributed by atoms with Gasteiger partial charge in [-0.3, -0.25) is 4.79 Å². The van der Waals surface area contributed by atoms with E-state index in [1.54, 1.807) is 11.3 Å². The lowest BCUT2D eigenvalue weighted by Crippen LogP contribution is -2.33. The molecule has 2 aromatic rings. The van der Waals surface area contributed by atoms with Gasteiger partial charge in [0.1, 0.15) is 0 Å². The Morgan fingerprint density at radius 3 is 2.54 bits per heavy atom. The molecule has 0 bridgehead atoms. The highest BCUT2D eigenvalue weighted by molar-refractivity contribution is 7.17. The minimum absolute atomic E-state index is 0.107. The molecular weight excluding hydrogens is 370 g/mol. The first kappa shape index (κ1) is 17.7. The van der Waals surface area contributed by atoms with Gasteiger partial charge in [0.15, 0.2) is 5.78 Å². The maximum absolute atomic E-state index is 13.4. The summed E-state index contributed by atoms with van der Waals surface area (Å²) in [4.78, 5) is 26.3. The zero-order valence-electron chi connectivity index (χ0n) is 16.1. The third kappa shape index (κ3) is 2.80. The van der Waals surface area contributed by atoms with E-state index in [1.807, 2.05) is 19.1 Å². The van der Waals surface area contributed by atoms with Gasteiger partial charge >= 0.3 is 5.97 Å². The van der Waals surface area contributed by atoms with Crippen LogP contribution in [-0.2, 0) is 14.3 Å². The van der Waals surface area contributed by atoms with Crippen molar-refractivity contribution in [2.75, 3.05) is 7.11 Å². The van der Waals surface area contributed by atoms with E-state index in [4.69, 9.17) is 4.74 Å². The number of esters is 1. The van der Waals surface area contributed by atoms with Gasteiger partial charge in [-0.15, -0.1) is 11.3 Å². The van der Waals surface area contributed by atoms with Crippen molar-refractivity contribution in [3.8, 4) is 0 Å². The van der Waals surface area contributed by atoms with E-state index in [0.29, 0.717) is 11.5 Å². The summed E-state index contributed by atoms with van der Waals surface area (Å²) in [6.45, 7) is 1.93. The summed E-state index contributed by atoms with van der Waals surface area (Å²) in [5.41, 5.74) is 4.27. The SMILES string of the molecule is COC(=O)C1=C(C)NC(C2CC2)=C(C(=O)C2CC2)C1c1csc2ccccc12. The van der Waals surface area contributed by atoms with Crippen molar-refractivity contribution in [1.82, 2.24) is 5.32 Å². The summed E-state index contributed by atoms with van der Waals surface area (Å²) < 4.78 is 6.32. The van der Waals surface area contributed by atoms with Crippen LogP contribution in [0.4, 0.5) is 0 Å². The van der Waals surface area contributed by atoms with Gasteiger partial charge in [0.25, 0.3) is 0 Å². The number of hydrogen-bond donors (Lipinski definition) is 1. The fraction of sp³-hybridized carbons (Fsp3) is 0.391. The van der Waals surface area contributed by atoms with Gasteiger partial charge < -0.3 is 10.1 Å². The molecular formula is C23H23NO3S. The number of Topliss-reactive ketones (excluding diaryl/α,β-unsaturated/α-hetero) is 1. The lowest BCUT2D eigenvalue weighted by Gasteiger charge is -2.32. The minimum Gasteiger partial charge on any atom is -0.466 e. The molecule has 1 aliphatic heterocycles. The van der Waals surface area contributed by atoms with E-state index >= 15 is 0 Å². The van der Waals surface area contributed by atoms with E-state index in [-0.39, 0.29) is 23.6 Å². The Hall–Kier alpha value is -2.40. The van der Waals surface area contributed by atoms with Crippen LogP contribution in [-0.4, -0.2) is 18.9 Å². The highest BCUT2D eigenvalue weighted by Crippen LogP contribution is 2.50. The Morgan fingerprint density at radius 2 is 1.86 bits per heavy atom. The molecule has 1 unspecified atom stereocenters. The maximum atomic E-state index is 13.4. The third-order valence-corrected chi connectivity index (χ3v) is 7.00. The Bertz CT molecular complexity index is 1050. The van der Waals surface area contributed by atoms with Crippen LogP contribution in [0.25, 0.3) is 10.1 Å². The Labute approximate surface area is 168 Å². The van der Waals surface area contributed by atoms with Gasteiger partial charge in [-0.25, -0.2) is 4.79 Å². The van der Waals surface area contributed by atoms with Gasteiger partial charge in [-0.2, -0.15) is 0 Å². The molecule has 1 atom stereocenters. The molecule has 4 nitrogen and oxygen atoms in total. The molecule has 0 spiro atoms. The molecule has 28 heavy (non-hydrogen) atoms. The summed E-state index contributed by atoms with van der Waals surface area (Å²) >= 11 is 1.66. The first-order valence-corrected chi connectivity index (χ1v) is 10.8. The number of carbonyl (C=O) groups excluding carboxylic acids is 2. The molecule has 0 amide bonds. The van der Waals surface area contributed by atoms with Crippen LogP contribution in [0.2, 0.25) is 0 Å². The van der Waals surface area contributed by atoms with Crippen molar-refractivity contribution < 1.29 is 14.3 Å². The predicted octanol–water partition coefficient (Wildman–Crippen LogP) is 4.68. The number of thiophene rings is 1. The van der Waals surface area contributed by atoms with Gasteiger partial charge in [0.05, 0.1) is 12.7 Å². The normalized spacial score (nSPS) is 22.4. The number of allylic oxidation sites excluding steroid dienone is 3. The number of hydrogen-bond acceptors (Lipinski definition) is 5. The molecule has 2 fully saturated rings. The van der Waals surface area contributed by atoms with Gasteiger partial charge in [-0.05, 0) is 60.9 Å². The first-order valence-electron chi connectivity index (χ1n) is 9.90. The standard InChI is InChI=1S/C23H23NO3S/c1-12-18(23(26)27-2)19(16-11-28-17-6-4-3-5-15(16)17)20(22(25)14-9-10-14)21(24-12)13-7-8-13/h3-6,11,13-14,19,24H,7-10H2,1-2H3. The summed E-state index contributed by atoms with van der Waals surface area (Å²) in [7, 11) is 1.41. The average Bonchev–Trinajstić information content (AvgIpc) is 3.62. The molecule has 0 saturated heterocycles. The second-order valence-corrected chi connectivity index (χ2v) is 8.93. The Balaban J connectivity index is 1.75. The summed E-state index contributed by atoms with van der Waals surface area (Å²) in [6, 6.07) is 8.22. The molecule has 2 heterocycles. The number of benzene rings is 1. The summed E-state index contributed by atoms with van der Waals surface area (Å²) in [6.07, 6.45) is 4.10. The number of fused-ring (bicyclic) bond motifs is 1. The lowest BCUT2D eigenvalue weighted by molar-refractivity contribution is -0.136. The number of carbonyl (C=O) groups is 2. The molecule has 0 radical (unpaired) electrons. The molecule has 3 aliphatic rings. The molecule has 1 aromatic carbocycles. The van der Waals surface area contributed by atoms with Crippen LogP contribution in [0.1, 0.15) is 44.1 Å². The van der Waals surface area contributed by atoms with Crippen LogP contribution in [0.15, 0.2) is 52.2 Å². The Kier molecular flexibility index (Phi) is 4.16. The smallest absolute Gasteiger partial charge is 0.336 e. The van der Waals surface area contributed by atoms with Crippen LogP contribution >= 0.6 is 11.3 Å². The number of ether oxygens (including phenoxy) is 1. The van der Waals surface area contributed by atoms with Crippen molar-refractivity contribution in [2.45, 2.75) is 38.5 Å². The van der Waals surface area contributed by atoms with E-state index < -0.39 is 0 Å². The van der Waals surface area contributed by atoms with Crippen LogP contribution in [0.3, 0.4) is 0 Å². The second kappa shape index (κ2) is 6.59. The van der Waals surface area contributed by atoms with Crippen LogP contribution < -0.4 is 5.32 Å². The number of nitrogens with one attached hydrogen (secondary N) is 1. The molecule has 1 N–H and O–H groups in total. The highest BCUT2D eigenvalue weighted by atomic mass is 32.1. The zero-order chi connectivity index (χ0) is 19.4. The third-order valence-electron chi connectivity index (χ3n) is 6.02. The van der Waals surface area contributed by atoms with Crippen molar-refractivity contribution >= 4 is 33.2 Å². The molecule has 1 aromatic heterocycles. The minimum atomic E-state index is -0.360. The quantitative estimate of drug-likeness (QED) is 0.750. The Morgan fingerprint density at radius 1 is 1.11 bits per heavy atom. The second-order valence-electron chi connectivity index (χ2n) is 8.02. The summed E-state index contributed by atoms with van der Waals surface area (Å²) in [5.74, 6) is 0.00728. The zero-order valence-corrected chi connectivity index (χ0v) is 16.9. The van der Waals surface area contributed by atoms with Gasteiger partial charge in [-0.1, -0.05) is 18.2 Å². The van der Waals surface area contributed by atoms with Crippen molar-refractivity contribution in [3.05, 3.63) is 57.7 Å². The monoisotopic (exact) mass is 393 g/mol. The highest BCUT2D eigenvalue weighted by Gasteiger charge is 2.45. The first-order chi connectivity index (χ1) is 13.6. The van der Waals surface area contributed by atoms with Crippen molar-refractivity contribution in [3.63, 3.8) is 0 Å². The molecule has 2 aliphatic carbocycles. The van der Waals surface area contributed by atoms with E-state index in [2.05, 4.69) is 22.8 Å². The molecule has 144 valence electrons. The molecule has 2 saturated carbocycles. The fourth-order valence-electron chi connectivity index (χ4n) is 4.30. The number of methoxy groups -OCH3 is 1. The summed E-state index contributed by atoms with van der Waals surface area (Å²) in [5, 5.41) is 6.67. The number of dihydropyridines is 1. The predicted molar refractivity (Wildman–Crippen MR) is 110 cm³/mol. The van der Waals surface area contributed by atoms with Crippen molar-refractivity contribution in [1.29, 1.82) is 0 Å². The maximum Gasteiger partial charge on any atom is 0.336 e. The number of rotatable bonds is 5. The molecule has 5 rings (SSSR count). The number of ketones is 1.